The molecule has 1 saturated carbocycles. The van der Waals surface area contributed by atoms with Crippen molar-refractivity contribution in [3.63, 3.8) is 0 Å². The fraction of sp³-hybridized carbons (Fsp3) is 0.500. The number of methoxy groups -OCH3 is 1. The lowest BCUT2D eigenvalue weighted by Crippen LogP contribution is -2.32. The van der Waals surface area contributed by atoms with Gasteiger partial charge in [0.2, 0.25) is 5.91 Å². The molecular weight excluding hydrogens is 289 g/mol. The van der Waals surface area contributed by atoms with Gasteiger partial charge in [0.05, 0.1) is 19.1 Å². The van der Waals surface area contributed by atoms with Crippen LogP contribution in [-0.2, 0) is 9.59 Å². The van der Waals surface area contributed by atoms with Crippen molar-refractivity contribution in [2.75, 3.05) is 7.11 Å². The number of nitrogens with one attached hydrogen (secondary N) is 1. The van der Waals surface area contributed by atoms with Crippen LogP contribution >= 0.6 is 0 Å². The molecule has 2 rings (SSSR count). The van der Waals surface area contributed by atoms with Crippen LogP contribution in [-0.4, -0.2) is 24.1 Å². The number of halogens is 1. The Morgan fingerprint density at radius 3 is 2.64 bits per heavy atom. The zero-order valence-corrected chi connectivity index (χ0v) is 12.6. The Labute approximate surface area is 128 Å². The summed E-state index contributed by atoms with van der Waals surface area (Å²) >= 11 is 0. The first-order valence-electron chi connectivity index (χ1n) is 7.29. The molecule has 1 aromatic rings. The van der Waals surface area contributed by atoms with Gasteiger partial charge in [-0.05, 0) is 44.4 Å². The van der Waals surface area contributed by atoms with Crippen molar-refractivity contribution in [1.29, 1.82) is 0 Å². The minimum atomic E-state index is -0.852. The fourth-order valence-corrected chi connectivity index (χ4v) is 2.90. The van der Waals surface area contributed by atoms with E-state index in [1.165, 1.54) is 25.3 Å². The summed E-state index contributed by atoms with van der Waals surface area (Å²) in [6.07, 6.45) is 1.44. The molecule has 120 valence electrons. The van der Waals surface area contributed by atoms with Gasteiger partial charge in [-0.3, -0.25) is 9.59 Å². The molecule has 3 atom stereocenters. The summed E-state index contributed by atoms with van der Waals surface area (Å²) in [5.41, 5.74) is 0.559. The summed E-state index contributed by atoms with van der Waals surface area (Å²) in [6.45, 7) is 1.75. The Bertz CT molecular complexity index is 575. The van der Waals surface area contributed by atoms with Gasteiger partial charge in [-0.1, -0.05) is 0 Å². The van der Waals surface area contributed by atoms with E-state index in [9.17, 15) is 14.0 Å². The average molecular weight is 309 g/mol. The lowest BCUT2D eigenvalue weighted by Gasteiger charge is -2.19. The van der Waals surface area contributed by atoms with Gasteiger partial charge in [0.1, 0.15) is 11.6 Å². The average Bonchev–Trinajstić information content (AvgIpc) is 2.97. The Morgan fingerprint density at radius 1 is 1.36 bits per heavy atom. The Balaban J connectivity index is 2.03. The van der Waals surface area contributed by atoms with E-state index in [0.717, 1.165) is 0 Å². The second-order valence-electron chi connectivity index (χ2n) is 5.66. The third-order valence-corrected chi connectivity index (χ3v) is 4.17. The van der Waals surface area contributed by atoms with Crippen molar-refractivity contribution in [1.82, 2.24) is 5.32 Å². The number of amides is 1. The van der Waals surface area contributed by atoms with Crippen molar-refractivity contribution in [3.05, 3.63) is 29.6 Å². The molecule has 0 saturated heterocycles. The van der Waals surface area contributed by atoms with Gasteiger partial charge >= 0.3 is 5.97 Å². The minimum absolute atomic E-state index is 0.192. The van der Waals surface area contributed by atoms with Gasteiger partial charge in [-0.2, -0.15) is 0 Å². The van der Waals surface area contributed by atoms with Crippen LogP contribution in [0.5, 0.6) is 5.75 Å². The number of benzene rings is 1. The van der Waals surface area contributed by atoms with Crippen LogP contribution in [0.1, 0.15) is 37.8 Å². The van der Waals surface area contributed by atoms with Crippen LogP contribution in [0.15, 0.2) is 18.2 Å². The highest BCUT2D eigenvalue weighted by atomic mass is 19.1. The third-order valence-electron chi connectivity index (χ3n) is 4.17. The van der Waals surface area contributed by atoms with E-state index in [2.05, 4.69) is 5.32 Å². The molecule has 0 aromatic heterocycles. The standard InChI is InChI=1S/C16H20FNO4/c1-9(13-8-12(17)5-6-14(13)22-2)18-15(19)10-3-4-11(7-10)16(20)21/h5-6,8-11H,3-4,7H2,1-2H3,(H,18,19)(H,20,21)/t9?,10-,11+/m1/s1. The zero-order chi connectivity index (χ0) is 16.3. The number of rotatable bonds is 5. The Morgan fingerprint density at radius 2 is 2.05 bits per heavy atom. The first-order chi connectivity index (χ1) is 10.4. The summed E-state index contributed by atoms with van der Waals surface area (Å²) in [5, 5.41) is 11.8. The van der Waals surface area contributed by atoms with Crippen LogP contribution in [0.4, 0.5) is 4.39 Å². The summed E-state index contributed by atoms with van der Waals surface area (Å²) in [6, 6.07) is 3.73. The lowest BCUT2D eigenvalue weighted by molar-refractivity contribution is -0.141. The highest BCUT2D eigenvalue weighted by molar-refractivity contribution is 5.81. The fourth-order valence-electron chi connectivity index (χ4n) is 2.90. The lowest BCUT2D eigenvalue weighted by atomic mass is 10.0. The molecule has 5 nitrogen and oxygen atoms in total. The maximum atomic E-state index is 13.4. The van der Waals surface area contributed by atoms with Gasteiger partial charge < -0.3 is 15.2 Å². The first-order valence-corrected chi connectivity index (χ1v) is 7.29. The maximum Gasteiger partial charge on any atom is 0.306 e. The second-order valence-corrected chi connectivity index (χ2v) is 5.66. The first kappa shape index (κ1) is 16.3. The SMILES string of the molecule is COc1ccc(F)cc1C(C)NC(=O)[C@@H]1CC[C@H](C(=O)O)C1. The number of hydrogen-bond acceptors (Lipinski definition) is 3. The molecule has 0 heterocycles. The van der Waals surface area contributed by atoms with Crippen molar-refractivity contribution < 1.29 is 23.8 Å². The molecule has 0 aliphatic heterocycles. The molecular formula is C16H20FNO4. The number of ether oxygens (including phenoxy) is 1. The van der Waals surface area contributed by atoms with Gasteiger partial charge in [-0.25, -0.2) is 4.39 Å². The number of carboxylic acids is 1. The maximum absolute atomic E-state index is 13.4. The molecule has 0 radical (unpaired) electrons. The number of carboxylic acid groups (broad SMARTS) is 1. The molecule has 0 bridgehead atoms. The minimum Gasteiger partial charge on any atom is -0.496 e. The van der Waals surface area contributed by atoms with Gasteiger partial charge in [0.15, 0.2) is 0 Å². The number of carbonyl (C=O) groups is 2. The van der Waals surface area contributed by atoms with E-state index < -0.39 is 23.7 Å². The summed E-state index contributed by atoms with van der Waals surface area (Å²) in [4.78, 5) is 23.2. The normalized spacial score (nSPS) is 22.1. The van der Waals surface area contributed by atoms with Crippen molar-refractivity contribution in [2.45, 2.75) is 32.2 Å². The monoisotopic (exact) mass is 309 g/mol. The quantitative estimate of drug-likeness (QED) is 0.876. The van der Waals surface area contributed by atoms with Gasteiger partial charge in [-0.15, -0.1) is 0 Å². The molecule has 22 heavy (non-hydrogen) atoms. The van der Waals surface area contributed by atoms with Crippen LogP contribution in [0.3, 0.4) is 0 Å². The van der Waals surface area contributed by atoms with Crippen LogP contribution < -0.4 is 10.1 Å². The number of aliphatic carboxylic acids is 1. The van der Waals surface area contributed by atoms with Gasteiger partial charge in [0.25, 0.3) is 0 Å². The van der Waals surface area contributed by atoms with E-state index in [-0.39, 0.29) is 11.8 Å². The summed E-state index contributed by atoms with van der Waals surface area (Å²) < 4.78 is 18.6. The largest absolute Gasteiger partial charge is 0.496 e. The molecule has 1 amide bonds. The molecule has 0 spiro atoms. The summed E-state index contributed by atoms with van der Waals surface area (Å²) in [5.74, 6) is -1.69. The van der Waals surface area contributed by atoms with Crippen LogP contribution in [0.2, 0.25) is 0 Å². The molecule has 1 unspecified atom stereocenters. The third kappa shape index (κ3) is 3.55. The molecule has 1 aliphatic carbocycles. The topological polar surface area (TPSA) is 75.6 Å². The van der Waals surface area contributed by atoms with Crippen LogP contribution in [0, 0.1) is 17.7 Å². The molecule has 2 N–H and O–H groups in total. The van der Waals surface area contributed by atoms with E-state index in [4.69, 9.17) is 9.84 Å². The molecule has 1 fully saturated rings. The molecule has 6 heteroatoms. The second kappa shape index (κ2) is 6.77. The Kier molecular flexibility index (Phi) is 5.00. The number of carbonyl (C=O) groups excluding carboxylic acids is 1. The van der Waals surface area contributed by atoms with E-state index in [1.807, 2.05) is 0 Å². The predicted molar refractivity (Wildman–Crippen MR) is 78.0 cm³/mol. The van der Waals surface area contributed by atoms with Crippen molar-refractivity contribution in [2.24, 2.45) is 11.8 Å². The van der Waals surface area contributed by atoms with Crippen molar-refractivity contribution >= 4 is 11.9 Å². The predicted octanol–water partition coefficient (Wildman–Crippen LogP) is 2.51. The van der Waals surface area contributed by atoms with E-state index in [0.29, 0.717) is 30.6 Å². The van der Waals surface area contributed by atoms with Gasteiger partial charge in [0, 0.05) is 11.5 Å². The highest BCUT2D eigenvalue weighted by Crippen LogP contribution is 2.32. The summed E-state index contributed by atoms with van der Waals surface area (Å²) in [7, 11) is 1.49. The molecule has 1 aliphatic rings. The Hall–Kier alpha value is -2.11. The highest BCUT2D eigenvalue weighted by Gasteiger charge is 2.34. The van der Waals surface area contributed by atoms with Crippen LogP contribution in [0.25, 0.3) is 0 Å². The smallest absolute Gasteiger partial charge is 0.306 e. The molecule has 1 aromatic carbocycles. The van der Waals surface area contributed by atoms with E-state index in [1.54, 1.807) is 6.92 Å². The zero-order valence-electron chi connectivity index (χ0n) is 12.6. The number of hydrogen-bond donors (Lipinski definition) is 2. The van der Waals surface area contributed by atoms with E-state index >= 15 is 0 Å². The van der Waals surface area contributed by atoms with Crippen molar-refractivity contribution in [3.8, 4) is 5.75 Å².